The summed E-state index contributed by atoms with van der Waals surface area (Å²) in [6, 6.07) is 22.0. The van der Waals surface area contributed by atoms with Gasteiger partial charge in [-0.05, 0) is 41.3 Å². The molecule has 0 spiro atoms. The lowest BCUT2D eigenvalue weighted by molar-refractivity contribution is -0.633. The zero-order valence-electron chi connectivity index (χ0n) is 17.6. The molecule has 1 nitrogen and oxygen atoms in total. The first-order chi connectivity index (χ1) is 14.1. The first kappa shape index (κ1) is 20.4. The molecule has 0 unspecified atom stereocenters. The van der Waals surface area contributed by atoms with Crippen molar-refractivity contribution < 1.29 is 17.7 Å². The zero-order valence-corrected chi connectivity index (χ0v) is 17.6. The molecule has 0 bridgehead atoms. The Labute approximate surface area is 174 Å². The minimum absolute atomic E-state index is 0.0747. The number of hydrogen-bond acceptors (Lipinski definition) is 0. The van der Waals surface area contributed by atoms with Gasteiger partial charge in [0.1, 0.15) is 7.05 Å². The number of nitrogens with zero attached hydrogens (tertiary/aromatic N) is 1. The molecule has 1 aromatic heterocycles. The molecule has 0 radical (unpaired) electrons. The molecule has 30 heavy (non-hydrogen) atoms. The summed E-state index contributed by atoms with van der Waals surface area (Å²) in [6.07, 6.45) is -4.35. The first-order valence-corrected chi connectivity index (χ1v) is 10.1. The monoisotopic (exact) mass is 408 g/mol. The summed E-state index contributed by atoms with van der Waals surface area (Å²) in [5, 5.41) is 3.08. The Bertz CT molecular complexity index is 1250. The van der Waals surface area contributed by atoms with Gasteiger partial charge in [-0.2, -0.15) is 17.7 Å². The highest BCUT2D eigenvalue weighted by Crippen LogP contribution is 2.42. The molecule has 4 aromatic rings. The summed E-state index contributed by atoms with van der Waals surface area (Å²) in [7, 11) is 1.98. The zero-order chi connectivity index (χ0) is 21.7. The second-order valence-corrected chi connectivity index (χ2v) is 8.67. The summed E-state index contributed by atoms with van der Waals surface area (Å²) in [6.45, 7) is 4.60. The minimum Gasteiger partial charge on any atom is -0.194 e. The SMILES string of the molecule is Cc1ccc2ccccc2c1-c1cc(CC(C)(C)C(F)(F)F)c2ccccc2[n+]1C. The van der Waals surface area contributed by atoms with E-state index in [1.807, 2.05) is 49.5 Å². The van der Waals surface area contributed by atoms with Crippen LogP contribution in [0.5, 0.6) is 0 Å². The van der Waals surface area contributed by atoms with Crippen LogP contribution in [0.25, 0.3) is 32.9 Å². The number of pyridine rings is 1. The van der Waals surface area contributed by atoms with Crippen molar-refractivity contribution in [1.82, 2.24) is 0 Å². The maximum atomic E-state index is 13.7. The lowest BCUT2D eigenvalue weighted by Crippen LogP contribution is -2.36. The number of aromatic nitrogens is 1. The first-order valence-electron chi connectivity index (χ1n) is 10.1. The Morgan fingerprint density at radius 3 is 2.17 bits per heavy atom. The number of alkyl halides is 3. The molecule has 0 amide bonds. The predicted molar refractivity (Wildman–Crippen MR) is 116 cm³/mol. The molecule has 0 N–H and O–H groups in total. The summed E-state index contributed by atoms with van der Waals surface area (Å²) in [5.41, 5.74) is 2.91. The van der Waals surface area contributed by atoms with Crippen molar-refractivity contribution in [2.24, 2.45) is 12.5 Å². The second kappa shape index (κ2) is 7.12. The van der Waals surface area contributed by atoms with Crippen LogP contribution in [0.2, 0.25) is 0 Å². The second-order valence-electron chi connectivity index (χ2n) is 8.67. The highest BCUT2D eigenvalue weighted by atomic mass is 19.4. The smallest absolute Gasteiger partial charge is 0.194 e. The van der Waals surface area contributed by atoms with Gasteiger partial charge in [0.25, 0.3) is 0 Å². The minimum atomic E-state index is -4.28. The van der Waals surface area contributed by atoms with Gasteiger partial charge in [-0.25, -0.2) is 0 Å². The van der Waals surface area contributed by atoms with Gasteiger partial charge in [0.15, 0.2) is 0 Å². The third kappa shape index (κ3) is 3.34. The van der Waals surface area contributed by atoms with Gasteiger partial charge >= 0.3 is 6.18 Å². The largest absolute Gasteiger partial charge is 0.394 e. The topological polar surface area (TPSA) is 3.88 Å². The van der Waals surface area contributed by atoms with Crippen LogP contribution in [-0.4, -0.2) is 6.18 Å². The molecule has 0 saturated heterocycles. The van der Waals surface area contributed by atoms with Gasteiger partial charge in [0.2, 0.25) is 11.2 Å². The number of hydrogen-bond donors (Lipinski definition) is 0. The van der Waals surface area contributed by atoms with Gasteiger partial charge in [-0.15, -0.1) is 0 Å². The Morgan fingerprint density at radius 1 is 0.833 bits per heavy atom. The van der Waals surface area contributed by atoms with E-state index in [4.69, 9.17) is 0 Å². The molecular weight excluding hydrogens is 383 g/mol. The van der Waals surface area contributed by atoms with Crippen LogP contribution in [0.4, 0.5) is 13.2 Å². The number of benzene rings is 3. The van der Waals surface area contributed by atoms with Crippen molar-refractivity contribution in [1.29, 1.82) is 0 Å². The van der Waals surface area contributed by atoms with E-state index in [0.717, 1.165) is 38.5 Å². The Morgan fingerprint density at radius 2 is 1.47 bits per heavy atom. The fourth-order valence-corrected chi connectivity index (χ4v) is 4.19. The van der Waals surface area contributed by atoms with Crippen molar-refractivity contribution in [3.63, 3.8) is 0 Å². The fourth-order valence-electron chi connectivity index (χ4n) is 4.19. The molecule has 0 atom stereocenters. The third-order valence-electron chi connectivity index (χ3n) is 6.08. The number of halogens is 3. The number of aryl methyl sites for hydroxylation is 2. The van der Waals surface area contributed by atoms with Crippen molar-refractivity contribution in [3.8, 4) is 11.3 Å². The Hall–Kier alpha value is -2.88. The van der Waals surface area contributed by atoms with E-state index in [2.05, 4.69) is 35.8 Å². The van der Waals surface area contributed by atoms with Crippen LogP contribution < -0.4 is 4.57 Å². The summed E-state index contributed by atoms with van der Waals surface area (Å²) in [5.74, 6) is 0. The van der Waals surface area contributed by atoms with Gasteiger partial charge in [0, 0.05) is 17.5 Å². The van der Waals surface area contributed by atoms with Crippen LogP contribution in [0.1, 0.15) is 25.0 Å². The van der Waals surface area contributed by atoms with Crippen LogP contribution in [0.3, 0.4) is 0 Å². The van der Waals surface area contributed by atoms with E-state index >= 15 is 0 Å². The standard InChI is InChI=1S/C26H25F3N/c1-17-13-14-18-9-5-6-11-21(18)24(17)23-15-19(16-25(2,3)26(27,28)29)20-10-7-8-12-22(20)30(23)4/h5-15H,16H2,1-4H3/q+1. The predicted octanol–water partition coefficient (Wildman–Crippen LogP) is 6.92. The average molecular weight is 408 g/mol. The van der Waals surface area contributed by atoms with Crippen LogP contribution >= 0.6 is 0 Å². The molecule has 1 heterocycles. The maximum absolute atomic E-state index is 13.7. The lowest BCUT2D eigenvalue weighted by atomic mass is 9.83. The van der Waals surface area contributed by atoms with E-state index < -0.39 is 11.6 Å². The van der Waals surface area contributed by atoms with E-state index in [9.17, 15) is 13.2 Å². The molecule has 0 aliphatic carbocycles. The van der Waals surface area contributed by atoms with Crippen molar-refractivity contribution in [2.75, 3.05) is 0 Å². The molecule has 0 fully saturated rings. The molecule has 154 valence electrons. The number of para-hydroxylation sites is 1. The van der Waals surface area contributed by atoms with Gasteiger partial charge in [0.05, 0.1) is 11.0 Å². The number of fused-ring (bicyclic) bond motifs is 2. The summed E-state index contributed by atoms with van der Waals surface area (Å²) in [4.78, 5) is 0. The Balaban J connectivity index is 2.04. The summed E-state index contributed by atoms with van der Waals surface area (Å²) >= 11 is 0. The van der Waals surface area contributed by atoms with E-state index in [1.54, 1.807) is 0 Å². The van der Waals surface area contributed by atoms with E-state index in [1.165, 1.54) is 13.8 Å². The van der Waals surface area contributed by atoms with Gasteiger partial charge in [-0.3, -0.25) is 0 Å². The third-order valence-corrected chi connectivity index (χ3v) is 6.08. The van der Waals surface area contributed by atoms with Crippen molar-refractivity contribution in [3.05, 3.63) is 77.9 Å². The van der Waals surface area contributed by atoms with Crippen molar-refractivity contribution >= 4 is 21.7 Å². The molecule has 0 aliphatic heterocycles. The quantitative estimate of drug-likeness (QED) is 0.324. The van der Waals surface area contributed by atoms with Crippen LogP contribution in [-0.2, 0) is 13.5 Å². The molecule has 4 heteroatoms. The molecule has 4 rings (SSSR count). The average Bonchev–Trinajstić information content (AvgIpc) is 2.69. The lowest BCUT2D eigenvalue weighted by Gasteiger charge is -2.28. The Kier molecular flexibility index (Phi) is 4.84. The normalized spacial score (nSPS) is 12.6. The van der Waals surface area contributed by atoms with E-state index in [0.29, 0.717) is 5.56 Å². The van der Waals surface area contributed by atoms with Crippen LogP contribution in [0, 0.1) is 12.3 Å². The molecular formula is C26H25F3N+. The highest BCUT2D eigenvalue weighted by molar-refractivity contribution is 5.97. The van der Waals surface area contributed by atoms with Gasteiger partial charge < -0.3 is 0 Å². The molecule has 3 aromatic carbocycles. The van der Waals surface area contributed by atoms with Gasteiger partial charge in [-0.1, -0.05) is 62.4 Å². The maximum Gasteiger partial charge on any atom is 0.394 e. The fraction of sp³-hybridized carbons (Fsp3) is 0.269. The molecule has 0 saturated carbocycles. The molecule has 0 aliphatic rings. The summed E-state index contributed by atoms with van der Waals surface area (Å²) < 4.78 is 43.2. The van der Waals surface area contributed by atoms with E-state index in [-0.39, 0.29) is 6.42 Å². The number of rotatable bonds is 3. The van der Waals surface area contributed by atoms with Crippen molar-refractivity contribution in [2.45, 2.75) is 33.4 Å². The van der Waals surface area contributed by atoms with Crippen LogP contribution in [0.15, 0.2) is 66.7 Å². The highest BCUT2D eigenvalue weighted by Gasteiger charge is 2.47.